The maximum atomic E-state index is 13.7. The van der Waals surface area contributed by atoms with Crippen LogP contribution in [0.1, 0.15) is 11.6 Å². The molecule has 2 amide bonds. The van der Waals surface area contributed by atoms with Gasteiger partial charge < -0.3 is 4.74 Å². The molecule has 0 unspecified atom stereocenters. The van der Waals surface area contributed by atoms with E-state index in [0.29, 0.717) is 32.7 Å². The summed E-state index contributed by atoms with van der Waals surface area (Å²) >= 11 is 12.6. The average molecular weight is 469 g/mol. The third kappa shape index (κ3) is 3.23. The van der Waals surface area contributed by atoms with Crippen LogP contribution in [0.15, 0.2) is 72.8 Å². The smallest absolute Gasteiger partial charge is 0.266 e. The van der Waals surface area contributed by atoms with Gasteiger partial charge in [0.15, 0.2) is 6.10 Å². The molecule has 0 N–H and O–H groups in total. The lowest BCUT2D eigenvalue weighted by Crippen LogP contribution is -2.37. The molecule has 2 heterocycles. The van der Waals surface area contributed by atoms with Gasteiger partial charge in [-0.05, 0) is 42.0 Å². The van der Waals surface area contributed by atoms with Crippen LogP contribution in [0.3, 0.4) is 0 Å². The second-order valence-electron chi connectivity index (χ2n) is 7.51. The number of methoxy groups -OCH3 is 1. The lowest BCUT2D eigenvalue weighted by Gasteiger charge is -2.29. The van der Waals surface area contributed by atoms with Crippen molar-refractivity contribution in [2.75, 3.05) is 17.1 Å². The molecule has 3 atom stereocenters. The van der Waals surface area contributed by atoms with Crippen LogP contribution in [0.4, 0.5) is 11.4 Å². The summed E-state index contributed by atoms with van der Waals surface area (Å²) in [6.07, 6.45) is -0.996. The van der Waals surface area contributed by atoms with Gasteiger partial charge in [-0.15, -0.1) is 0 Å². The molecular weight excluding hydrogens is 451 g/mol. The molecule has 0 saturated carbocycles. The van der Waals surface area contributed by atoms with Crippen molar-refractivity contribution in [2.45, 2.75) is 12.1 Å². The highest BCUT2D eigenvalue weighted by molar-refractivity contribution is 6.35. The Kier molecular flexibility index (Phi) is 5.29. The molecule has 8 heteroatoms. The lowest BCUT2D eigenvalue weighted by atomic mass is 9.90. The first-order valence-corrected chi connectivity index (χ1v) is 10.7. The van der Waals surface area contributed by atoms with E-state index in [1.165, 1.54) is 7.11 Å². The average Bonchev–Trinajstić information content (AvgIpc) is 3.30. The Labute approximate surface area is 194 Å². The Balaban J connectivity index is 1.62. The van der Waals surface area contributed by atoms with E-state index >= 15 is 0 Å². The van der Waals surface area contributed by atoms with Crippen molar-refractivity contribution in [1.29, 1.82) is 0 Å². The first kappa shape index (κ1) is 20.8. The fourth-order valence-electron chi connectivity index (χ4n) is 4.32. The minimum absolute atomic E-state index is 0.376. The number of rotatable bonds is 4. The van der Waals surface area contributed by atoms with Crippen molar-refractivity contribution < 1.29 is 19.2 Å². The van der Waals surface area contributed by atoms with Crippen LogP contribution >= 0.6 is 23.2 Å². The minimum atomic E-state index is -0.996. The Morgan fingerprint density at radius 2 is 1.62 bits per heavy atom. The summed E-state index contributed by atoms with van der Waals surface area (Å²) in [6.45, 7) is 0. The maximum absolute atomic E-state index is 13.7. The standard InChI is InChI=1S/C24H18Cl2N2O4/c1-31-19-10-6-5-9-18(19)27-23(29)20-21(16-12-11-14(25)13-17(16)26)28(32-22(20)24(27)30)15-7-3-2-4-8-15/h2-13,20-22H,1H3/t20-,21+,22+/m0/s1. The van der Waals surface area contributed by atoms with Crippen LogP contribution in [0, 0.1) is 5.92 Å². The number of nitrogens with zero attached hydrogens (tertiary/aromatic N) is 2. The number of ether oxygens (including phenoxy) is 1. The maximum Gasteiger partial charge on any atom is 0.266 e. The summed E-state index contributed by atoms with van der Waals surface area (Å²) in [5.74, 6) is -1.20. The SMILES string of the molecule is COc1ccccc1N1C(=O)[C@H]2[C@@H](c3ccc(Cl)cc3Cl)N(c3ccccc3)O[C@H]2C1=O. The first-order chi connectivity index (χ1) is 15.5. The number of hydroxylamine groups is 1. The van der Waals surface area contributed by atoms with Crippen molar-refractivity contribution in [1.82, 2.24) is 0 Å². The van der Waals surface area contributed by atoms with E-state index in [1.807, 2.05) is 30.3 Å². The summed E-state index contributed by atoms with van der Waals surface area (Å²) < 4.78 is 5.38. The van der Waals surface area contributed by atoms with Crippen molar-refractivity contribution in [3.8, 4) is 5.75 Å². The van der Waals surface area contributed by atoms with Gasteiger partial charge in [0.2, 0.25) is 5.91 Å². The molecule has 5 rings (SSSR count). The molecule has 2 aliphatic rings. The molecule has 0 aromatic heterocycles. The van der Waals surface area contributed by atoms with Crippen LogP contribution < -0.4 is 14.7 Å². The number of anilines is 2. The molecule has 3 aromatic rings. The third-order valence-corrected chi connectivity index (χ3v) is 6.30. The van der Waals surface area contributed by atoms with Crippen molar-refractivity contribution >= 4 is 46.4 Å². The predicted octanol–water partition coefficient (Wildman–Crippen LogP) is 5.05. The van der Waals surface area contributed by atoms with E-state index < -0.39 is 24.0 Å². The number of para-hydroxylation sites is 3. The number of imide groups is 1. The van der Waals surface area contributed by atoms with Gasteiger partial charge in [-0.3, -0.25) is 14.4 Å². The van der Waals surface area contributed by atoms with Crippen molar-refractivity contribution in [2.24, 2.45) is 5.92 Å². The molecule has 6 nitrogen and oxygen atoms in total. The van der Waals surface area contributed by atoms with E-state index in [-0.39, 0.29) is 5.91 Å². The van der Waals surface area contributed by atoms with Gasteiger partial charge in [0.05, 0.1) is 24.5 Å². The Morgan fingerprint density at radius 1 is 0.906 bits per heavy atom. The summed E-state index contributed by atoms with van der Waals surface area (Å²) in [5, 5.41) is 2.47. The van der Waals surface area contributed by atoms with Crippen LogP contribution in [0.5, 0.6) is 5.75 Å². The molecular formula is C24H18Cl2N2O4. The van der Waals surface area contributed by atoms with Crippen LogP contribution in [-0.2, 0) is 14.4 Å². The normalized spacial score (nSPS) is 22.4. The zero-order valence-electron chi connectivity index (χ0n) is 16.9. The Hall–Kier alpha value is -3.06. The number of carbonyl (C=O) groups excluding carboxylic acids is 2. The Bertz CT molecular complexity index is 1200. The molecule has 0 bridgehead atoms. The highest BCUT2D eigenvalue weighted by Crippen LogP contribution is 2.50. The predicted molar refractivity (Wildman–Crippen MR) is 122 cm³/mol. The number of hydrogen-bond donors (Lipinski definition) is 0. The monoisotopic (exact) mass is 468 g/mol. The molecule has 2 saturated heterocycles. The molecule has 0 aliphatic carbocycles. The summed E-state index contributed by atoms with van der Waals surface area (Å²) in [7, 11) is 1.49. The van der Waals surface area contributed by atoms with Crippen molar-refractivity contribution in [3.63, 3.8) is 0 Å². The highest BCUT2D eigenvalue weighted by atomic mass is 35.5. The quantitative estimate of drug-likeness (QED) is 0.501. The van der Waals surface area contributed by atoms with Crippen molar-refractivity contribution in [3.05, 3.63) is 88.4 Å². The van der Waals surface area contributed by atoms with E-state index in [4.69, 9.17) is 32.8 Å². The van der Waals surface area contributed by atoms with Gasteiger partial charge in [-0.25, -0.2) is 9.96 Å². The largest absolute Gasteiger partial charge is 0.495 e. The molecule has 0 radical (unpaired) electrons. The number of carbonyl (C=O) groups is 2. The van der Waals surface area contributed by atoms with Crippen LogP contribution in [0.2, 0.25) is 10.0 Å². The number of hydrogen-bond acceptors (Lipinski definition) is 5. The molecule has 2 aliphatic heterocycles. The number of amides is 2. The van der Waals surface area contributed by atoms with Gasteiger partial charge in [0, 0.05) is 10.0 Å². The number of halogens is 2. The third-order valence-electron chi connectivity index (χ3n) is 5.73. The van der Waals surface area contributed by atoms with E-state index in [1.54, 1.807) is 47.5 Å². The molecule has 0 spiro atoms. The Morgan fingerprint density at radius 3 is 2.34 bits per heavy atom. The fourth-order valence-corrected chi connectivity index (χ4v) is 4.84. The number of fused-ring (bicyclic) bond motifs is 1. The van der Waals surface area contributed by atoms with E-state index in [2.05, 4.69) is 0 Å². The van der Waals surface area contributed by atoms with E-state index in [0.717, 1.165) is 4.90 Å². The second-order valence-corrected chi connectivity index (χ2v) is 8.35. The fraction of sp³-hybridized carbons (Fsp3) is 0.167. The summed E-state index contributed by atoms with van der Waals surface area (Å²) in [5.41, 5.74) is 1.74. The lowest BCUT2D eigenvalue weighted by molar-refractivity contribution is -0.126. The van der Waals surface area contributed by atoms with Crippen LogP contribution in [0.25, 0.3) is 0 Å². The van der Waals surface area contributed by atoms with Gasteiger partial charge in [-0.1, -0.05) is 59.6 Å². The van der Waals surface area contributed by atoms with Gasteiger partial charge >= 0.3 is 0 Å². The zero-order chi connectivity index (χ0) is 22.4. The van der Waals surface area contributed by atoms with Crippen LogP contribution in [-0.4, -0.2) is 25.0 Å². The molecule has 162 valence electrons. The number of benzene rings is 3. The summed E-state index contributed by atoms with van der Waals surface area (Å²) in [4.78, 5) is 34.3. The van der Waals surface area contributed by atoms with Gasteiger partial charge in [-0.2, -0.15) is 0 Å². The molecule has 3 aromatic carbocycles. The summed E-state index contributed by atoms with van der Waals surface area (Å²) in [6, 6.07) is 20.7. The van der Waals surface area contributed by atoms with Gasteiger partial charge in [0.1, 0.15) is 11.7 Å². The second kappa shape index (κ2) is 8.13. The molecule has 2 fully saturated rings. The zero-order valence-corrected chi connectivity index (χ0v) is 18.5. The topological polar surface area (TPSA) is 59.1 Å². The first-order valence-electron chi connectivity index (χ1n) is 9.98. The minimum Gasteiger partial charge on any atom is -0.495 e. The van der Waals surface area contributed by atoms with E-state index in [9.17, 15) is 9.59 Å². The van der Waals surface area contributed by atoms with Gasteiger partial charge in [0.25, 0.3) is 5.91 Å². The highest BCUT2D eigenvalue weighted by Gasteiger charge is 2.61. The molecule has 32 heavy (non-hydrogen) atoms.